The maximum atomic E-state index is 14.0. The minimum absolute atomic E-state index is 0.0444. The first-order valence-electron chi connectivity index (χ1n) is 10.0. The van der Waals surface area contributed by atoms with Crippen LogP contribution in [0.2, 0.25) is 0 Å². The van der Waals surface area contributed by atoms with Crippen molar-refractivity contribution in [1.29, 1.82) is 0 Å². The zero-order chi connectivity index (χ0) is 21.9. The van der Waals surface area contributed by atoms with Crippen LogP contribution >= 0.6 is 0 Å². The molecule has 2 N–H and O–H groups in total. The molecule has 10 heteroatoms. The quantitative estimate of drug-likeness (QED) is 0.695. The third kappa shape index (κ3) is 5.81. The standard InChI is InChI=1S/C20H26F4N2O4/c1-29-14-7-12(21)8-15(10-14)30-17-3-2-11(20(22,23)24)6-16(17)19(28)26-13-4-5-25-18(27)9-13/h4-5,9,11-12,14-17H,2-3,6-8,10H2,1H3,(H2,25,26,27,28). The summed E-state index contributed by atoms with van der Waals surface area (Å²) in [7, 11) is 1.48. The van der Waals surface area contributed by atoms with Crippen LogP contribution in [0.5, 0.6) is 0 Å². The number of ether oxygens (including phenoxy) is 2. The third-order valence-corrected chi connectivity index (χ3v) is 5.89. The third-order valence-electron chi connectivity index (χ3n) is 5.89. The summed E-state index contributed by atoms with van der Waals surface area (Å²) in [6, 6.07) is 2.59. The van der Waals surface area contributed by atoms with Gasteiger partial charge in [-0.15, -0.1) is 0 Å². The average Bonchev–Trinajstić information content (AvgIpc) is 2.67. The fourth-order valence-corrected chi connectivity index (χ4v) is 4.34. The maximum Gasteiger partial charge on any atom is 0.391 e. The maximum absolute atomic E-state index is 14.0. The Hall–Kier alpha value is -1.94. The fraction of sp³-hybridized carbons (Fsp3) is 0.700. The number of hydrogen-bond acceptors (Lipinski definition) is 4. The Bertz CT molecular complexity index is 785. The average molecular weight is 434 g/mol. The number of aromatic nitrogens is 1. The SMILES string of the molecule is COC1CC(F)CC(OC2CCC(C(F)(F)F)CC2C(=O)Nc2cc[nH]c(=O)c2)C1. The summed E-state index contributed by atoms with van der Waals surface area (Å²) in [5.74, 6) is -3.32. The van der Waals surface area contributed by atoms with Gasteiger partial charge in [0.05, 0.1) is 30.1 Å². The van der Waals surface area contributed by atoms with E-state index in [-0.39, 0.29) is 37.5 Å². The van der Waals surface area contributed by atoms with E-state index in [9.17, 15) is 27.2 Å². The van der Waals surface area contributed by atoms with Gasteiger partial charge in [-0.3, -0.25) is 9.59 Å². The molecule has 30 heavy (non-hydrogen) atoms. The minimum Gasteiger partial charge on any atom is -0.381 e. The Morgan fingerprint density at radius 3 is 2.57 bits per heavy atom. The topological polar surface area (TPSA) is 80.4 Å². The smallest absolute Gasteiger partial charge is 0.381 e. The van der Waals surface area contributed by atoms with Crippen molar-refractivity contribution in [3.05, 3.63) is 28.7 Å². The van der Waals surface area contributed by atoms with Gasteiger partial charge in [-0.05, 0) is 31.7 Å². The number of anilines is 1. The van der Waals surface area contributed by atoms with Crippen LogP contribution in [0, 0.1) is 11.8 Å². The van der Waals surface area contributed by atoms with Crippen molar-refractivity contribution in [2.75, 3.05) is 12.4 Å². The predicted molar refractivity (Wildman–Crippen MR) is 101 cm³/mol. The van der Waals surface area contributed by atoms with Gasteiger partial charge in [0.1, 0.15) is 6.17 Å². The van der Waals surface area contributed by atoms with Crippen molar-refractivity contribution in [2.45, 2.75) is 69.2 Å². The molecule has 0 aromatic carbocycles. The molecule has 1 aromatic heterocycles. The first-order valence-corrected chi connectivity index (χ1v) is 10.0. The number of alkyl halides is 4. The summed E-state index contributed by atoms with van der Waals surface area (Å²) in [6.07, 6.45) is -5.53. The molecule has 3 rings (SSSR count). The van der Waals surface area contributed by atoms with Gasteiger partial charge in [-0.25, -0.2) is 4.39 Å². The lowest BCUT2D eigenvalue weighted by Gasteiger charge is -2.39. The van der Waals surface area contributed by atoms with Crippen LogP contribution < -0.4 is 10.9 Å². The normalized spacial score (nSPS) is 32.6. The molecule has 2 fully saturated rings. The lowest BCUT2D eigenvalue weighted by Crippen LogP contribution is -2.45. The van der Waals surface area contributed by atoms with Gasteiger partial charge >= 0.3 is 6.18 Å². The first kappa shape index (κ1) is 22.7. The van der Waals surface area contributed by atoms with Crippen LogP contribution in [0.15, 0.2) is 23.1 Å². The molecule has 2 saturated carbocycles. The number of methoxy groups -OCH3 is 1. The molecule has 1 aromatic rings. The van der Waals surface area contributed by atoms with Gasteiger partial charge in [-0.1, -0.05) is 0 Å². The molecule has 1 heterocycles. The molecular weight excluding hydrogens is 408 g/mol. The Morgan fingerprint density at radius 1 is 1.17 bits per heavy atom. The van der Waals surface area contributed by atoms with Gasteiger partial charge in [0.2, 0.25) is 11.5 Å². The summed E-state index contributed by atoms with van der Waals surface area (Å²) < 4.78 is 65.1. The fourth-order valence-electron chi connectivity index (χ4n) is 4.34. The predicted octanol–water partition coefficient (Wildman–Crippen LogP) is 3.58. The molecule has 0 bridgehead atoms. The highest BCUT2D eigenvalue weighted by atomic mass is 19.4. The molecule has 0 radical (unpaired) electrons. The van der Waals surface area contributed by atoms with Crippen LogP contribution in [0.3, 0.4) is 0 Å². The van der Waals surface area contributed by atoms with E-state index in [0.717, 1.165) is 6.07 Å². The van der Waals surface area contributed by atoms with Gasteiger partial charge in [0.25, 0.3) is 0 Å². The largest absolute Gasteiger partial charge is 0.391 e. The second-order valence-corrected chi connectivity index (χ2v) is 8.05. The zero-order valence-corrected chi connectivity index (χ0v) is 16.6. The molecule has 6 atom stereocenters. The first-order chi connectivity index (χ1) is 14.2. The lowest BCUT2D eigenvalue weighted by atomic mass is 9.78. The van der Waals surface area contributed by atoms with Crippen molar-refractivity contribution >= 4 is 11.6 Å². The molecule has 168 valence electrons. The number of carbonyl (C=O) groups is 1. The van der Waals surface area contributed by atoms with Gasteiger partial charge in [0.15, 0.2) is 0 Å². The van der Waals surface area contributed by atoms with Crippen LogP contribution in [-0.2, 0) is 14.3 Å². The molecule has 0 saturated heterocycles. The molecule has 0 spiro atoms. The van der Waals surface area contributed by atoms with E-state index in [1.54, 1.807) is 0 Å². The Morgan fingerprint density at radius 2 is 1.90 bits per heavy atom. The summed E-state index contributed by atoms with van der Waals surface area (Å²) in [4.78, 5) is 26.6. The van der Waals surface area contributed by atoms with Crippen molar-refractivity contribution < 1.29 is 31.8 Å². The molecule has 2 aliphatic rings. The zero-order valence-electron chi connectivity index (χ0n) is 16.6. The van der Waals surface area contributed by atoms with E-state index in [0.29, 0.717) is 6.42 Å². The van der Waals surface area contributed by atoms with Gasteiger partial charge in [0, 0.05) is 37.9 Å². The van der Waals surface area contributed by atoms with Gasteiger partial charge < -0.3 is 19.8 Å². The van der Waals surface area contributed by atoms with Crippen molar-refractivity contribution in [3.63, 3.8) is 0 Å². The minimum atomic E-state index is -4.41. The Labute approximate surface area is 171 Å². The van der Waals surface area contributed by atoms with Gasteiger partial charge in [-0.2, -0.15) is 13.2 Å². The summed E-state index contributed by atoms with van der Waals surface area (Å²) in [5.41, 5.74) is -0.253. The monoisotopic (exact) mass is 434 g/mol. The van der Waals surface area contributed by atoms with Crippen molar-refractivity contribution in [3.8, 4) is 0 Å². The second-order valence-electron chi connectivity index (χ2n) is 8.05. The number of amides is 1. The molecule has 1 amide bonds. The van der Waals surface area contributed by atoms with E-state index in [4.69, 9.17) is 9.47 Å². The summed E-state index contributed by atoms with van der Waals surface area (Å²) >= 11 is 0. The number of hydrogen-bond donors (Lipinski definition) is 2. The summed E-state index contributed by atoms with van der Waals surface area (Å²) in [5, 5.41) is 2.52. The highest BCUT2D eigenvalue weighted by molar-refractivity contribution is 5.92. The second kappa shape index (κ2) is 9.47. The molecule has 2 aliphatic carbocycles. The molecule has 6 unspecified atom stereocenters. The van der Waals surface area contributed by atoms with E-state index < -0.39 is 54.3 Å². The summed E-state index contributed by atoms with van der Waals surface area (Å²) in [6.45, 7) is 0. The van der Waals surface area contributed by atoms with Crippen LogP contribution in [0.4, 0.5) is 23.2 Å². The number of pyridine rings is 1. The van der Waals surface area contributed by atoms with Crippen LogP contribution in [0.1, 0.15) is 38.5 Å². The van der Waals surface area contributed by atoms with E-state index in [1.165, 1.54) is 19.4 Å². The molecule has 6 nitrogen and oxygen atoms in total. The van der Waals surface area contributed by atoms with Crippen molar-refractivity contribution in [2.24, 2.45) is 11.8 Å². The van der Waals surface area contributed by atoms with Crippen LogP contribution in [0.25, 0.3) is 0 Å². The highest BCUT2D eigenvalue weighted by Gasteiger charge is 2.48. The lowest BCUT2D eigenvalue weighted by molar-refractivity contribution is -0.199. The molecule has 0 aliphatic heterocycles. The van der Waals surface area contributed by atoms with Crippen molar-refractivity contribution in [1.82, 2.24) is 4.98 Å². The Kier molecular flexibility index (Phi) is 7.18. The number of nitrogens with one attached hydrogen (secondary N) is 2. The highest BCUT2D eigenvalue weighted by Crippen LogP contribution is 2.42. The molecular formula is C20H26F4N2O4. The number of halogens is 4. The van der Waals surface area contributed by atoms with Crippen LogP contribution in [-0.4, -0.2) is 48.7 Å². The number of aromatic amines is 1. The number of H-pyrrole nitrogens is 1. The number of carbonyl (C=O) groups excluding carboxylic acids is 1. The van der Waals surface area contributed by atoms with E-state index >= 15 is 0 Å². The Balaban J connectivity index is 1.74. The van der Waals surface area contributed by atoms with E-state index in [1.807, 2.05) is 0 Å². The van der Waals surface area contributed by atoms with E-state index in [2.05, 4.69) is 10.3 Å². The number of rotatable bonds is 5.